The summed E-state index contributed by atoms with van der Waals surface area (Å²) in [5.41, 5.74) is 1.90. The topological polar surface area (TPSA) is 99.5 Å². The number of likely N-dealkylation sites (tertiary alicyclic amines) is 1. The number of hydrogen-bond acceptors (Lipinski definition) is 7. The Hall–Kier alpha value is -3.36. The minimum Gasteiger partial charge on any atom is -0.508 e. The summed E-state index contributed by atoms with van der Waals surface area (Å²) in [6.07, 6.45) is 0. The quantitative estimate of drug-likeness (QED) is 0.329. The summed E-state index contributed by atoms with van der Waals surface area (Å²) in [6, 6.07) is 10.9. The van der Waals surface area contributed by atoms with E-state index in [-0.39, 0.29) is 17.1 Å². The lowest BCUT2D eigenvalue weighted by Gasteiger charge is -2.31. The van der Waals surface area contributed by atoms with Gasteiger partial charge in [0, 0.05) is 31.7 Å². The molecule has 2 fully saturated rings. The molecule has 0 radical (unpaired) electrons. The molecule has 36 heavy (non-hydrogen) atoms. The molecule has 2 aromatic rings. The van der Waals surface area contributed by atoms with Crippen molar-refractivity contribution in [3.63, 3.8) is 0 Å². The van der Waals surface area contributed by atoms with Crippen molar-refractivity contribution in [1.82, 2.24) is 9.80 Å². The SMILES string of the molecule is Cc1cc(OCC(C)C)ccc1C(O)=C1C(=O)C(=O)N(CCN2CCOCC2)[C@H]1c1ccc(O)cc1. The first-order valence-corrected chi connectivity index (χ1v) is 12.4. The van der Waals surface area contributed by atoms with E-state index in [1.165, 1.54) is 17.0 Å². The van der Waals surface area contributed by atoms with Crippen molar-refractivity contribution in [3.8, 4) is 11.5 Å². The van der Waals surface area contributed by atoms with Crippen molar-refractivity contribution in [2.75, 3.05) is 46.0 Å². The largest absolute Gasteiger partial charge is 0.508 e. The standard InChI is InChI=1S/C28H34N2O6/c1-18(2)17-36-22-8-9-23(19(3)16-22)26(32)24-25(20-4-6-21(31)7-5-20)30(28(34)27(24)33)11-10-29-12-14-35-15-13-29/h4-9,16,18,25,31-32H,10-15,17H2,1-3H3/t25-/m0/s1. The molecule has 0 aromatic heterocycles. The lowest BCUT2D eigenvalue weighted by atomic mass is 9.94. The Morgan fingerprint density at radius 3 is 2.42 bits per heavy atom. The normalized spacial score (nSPS) is 20.3. The summed E-state index contributed by atoms with van der Waals surface area (Å²) in [7, 11) is 0. The summed E-state index contributed by atoms with van der Waals surface area (Å²) < 4.78 is 11.2. The summed E-state index contributed by atoms with van der Waals surface area (Å²) in [4.78, 5) is 30.2. The Labute approximate surface area is 211 Å². The Morgan fingerprint density at radius 2 is 1.78 bits per heavy atom. The van der Waals surface area contributed by atoms with Gasteiger partial charge in [-0.2, -0.15) is 0 Å². The summed E-state index contributed by atoms with van der Waals surface area (Å²) in [5, 5.41) is 21.2. The number of rotatable bonds is 8. The van der Waals surface area contributed by atoms with E-state index in [4.69, 9.17) is 9.47 Å². The third-order valence-electron chi connectivity index (χ3n) is 6.55. The molecule has 4 rings (SSSR count). The molecule has 2 aromatic carbocycles. The Kier molecular flexibility index (Phi) is 7.96. The van der Waals surface area contributed by atoms with Gasteiger partial charge >= 0.3 is 0 Å². The van der Waals surface area contributed by atoms with Crippen molar-refractivity contribution < 1.29 is 29.3 Å². The number of phenolic OH excluding ortho intramolecular Hbond substituents is 1. The number of benzene rings is 2. The van der Waals surface area contributed by atoms with Gasteiger partial charge in [-0.05, 0) is 54.3 Å². The molecular formula is C28H34N2O6. The van der Waals surface area contributed by atoms with Crippen LogP contribution in [0.15, 0.2) is 48.0 Å². The number of morpholine rings is 1. The lowest BCUT2D eigenvalue weighted by Crippen LogP contribution is -2.42. The average Bonchev–Trinajstić information content (AvgIpc) is 3.12. The molecule has 0 unspecified atom stereocenters. The molecule has 192 valence electrons. The van der Waals surface area contributed by atoms with Crippen LogP contribution in [-0.4, -0.2) is 77.7 Å². The number of hydrogen-bond donors (Lipinski definition) is 2. The smallest absolute Gasteiger partial charge is 0.295 e. The number of amides is 1. The zero-order valence-electron chi connectivity index (χ0n) is 21.1. The first kappa shape index (κ1) is 25.7. The molecule has 2 aliphatic heterocycles. The molecule has 8 nitrogen and oxygen atoms in total. The molecule has 2 N–H and O–H groups in total. The molecule has 1 atom stereocenters. The fourth-order valence-corrected chi connectivity index (χ4v) is 4.59. The van der Waals surface area contributed by atoms with Crippen LogP contribution in [0.2, 0.25) is 0 Å². The fourth-order valence-electron chi connectivity index (χ4n) is 4.59. The van der Waals surface area contributed by atoms with E-state index in [1.54, 1.807) is 24.3 Å². The Morgan fingerprint density at radius 1 is 1.08 bits per heavy atom. The van der Waals surface area contributed by atoms with E-state index in [0.29, 0.717) is 55.7 Å². The minimum absolute atomic E-state index is 0.0478. The van der Waals surface area contributed by atoms with E-state index in [0.717, 1.165) is 18.7 Å². The number of aromatic hydroxyl groups is 1. The van der Waals surface area contributed by atoms with Gasteiger partial charge in [-0.15, -0.1) is 0 Å². The van der Waals surface area contributed by atoms with Crippen LogP contribution in [0.4, 0.5) is 0 Å². The van der Waals surface area contributed by atoms with Gasteiger partial charge in [0.2, 0.25) is 0 Å². The molecular weight excluding hydrogens is 460 g/mol. The van der Waals surface area contributed by atoms with Gasteiger partial charge in [0.25, 0.3) is 11.7 Å². The summed E-state index contributed by atoms with van der Waals surface area (Å²) in [6.45, 7) is 10.2. The van der Waals surface area contributed by atoms with Gasteiger partial charge in [0.1, 0.15) is 17.3 Å². The van der Waals surface area contributed by atoms with Gasteiger partial charge in [0.05, 0.1) is 31.4 Å². The highest BCUT2D eigenvalue weighted by atomic mass is 16.5. The predicted molar refractivity (Wildman–Crippen MR) is 136 cm³/mol. The minimum atomic E-state index is -0.761. The molecule has 0 bridgehead atoms. The second-order valence-corrected chi connectivity index (χ2v) is 9.72. The maximum absolute atomic E-state index is 13.3. The van der Waals surface area contributed by atoms with Crippen LogP contribution in [0.3, 0.4) is 0 Å². The number of aryl methyl sites for hydroxylation is 1. The fraction of sp³-hybridized carbons (Fsp3) is 0.429. The van der Waals surface area contributed by atoms with Crippen molar-refractivity contribution in [1.29, 1.82) is 0 Å². The molecule has 1 amide bonds. The highest BCUT2D eigenvalue weighted by Gasteiger charge is 2.46. The number of ketones is 1. The number of carbonyl (C=O) groups excluding carboxylic acids is 2. The third kappa shape index (κ3) is 5.55. The number of aliphatic hydroxyl groups excluding tert-OH is 1. The third-order valence-corrected chi connectivity index (χ3v) is 6.55. The second-order valence-electron chi connectivity index (χ2n) is 9.72. The number of Topliss-reactive ketones (excluding diaryl/α,β-unsaturated/α-hetero) is 1. The van der Waals surface area contributed by atoms with Crippen LogP contribution in [0.1, 0.15) is 36.6 Å². The summed E-state index contributed by atoms with van der Waals surface area (Å²) >= 11 is 0. The van der Waals surface area contributed by atoms with Gasteiger partial charge in [-0.3, -0.25) is 14.5 Å². The van der Waals surface area contributed by atoms with Crippen LogP contribution in [-0.2, 0) is 14.3 Å². The van der Waals surface area contributed by atoms with E-state index in [2.05, 4.69) is 18.7 Å². The van der Waals surface area contributed by atoms with Gasteiger partial charge in [0.15, 0.2) is 0 Å². The molecule has 2 saturated heterocycles. The zero-order chi connectivity index (χ0) is 25.8. The van der Waals surface area contributed by atoms with Crippen LogP contribution < -0.4 is 4.74 Å². The van der Waals surface area contributed by atoms with Crippen LogP contribution in [0.5, 0.6) is 11.5 Å². The van der Waals surface area contributed by atoms with E-state index < -0.39 is 17.7 Å². The van der Waals surface area contributed by atoms with Crippen LogP contribution in [0.25, 0.3) is 5.76 Å². The monoisotopic (exact) mass is 494 g/mol. The second kappa shape index (κ2) is 11.1. The van der Waals surface area contributed by atoms with Crippen molar-refractivity contribution in [2.45, 2.75) is 26.8 Å². The maximum atomic E-state index is 13.3. The van der Waals surface area contributed by atoms with Crippen molar-refractivity contribution in [3.05, 3.63) is 64.7 Å². The Balaban J connectivity index is 1.70. The van der Waals surface area contributed by atoms with Gasteiger partial charge < -0.3 is 24.6 Å². The molecule has 0 aliphatic carbocycles. The van der Waals surface area contributed by atoms with Crippen molar-refractivity contribution in [2.24, 2.45) is 5.92 Å². The Bertz CT molecular complexity index is 1140. The van der Waals surface area contributed by atoms with Gasteiger partial charge in [-0.25, -0.2) is 0 Å². The van der Waals surface area contributed by atoms with E-state index in [9.17, 15) is 19.8 Å². The van der Waals surface area contributed by atoms with E-state index in [1.807, 2.05) is 13.0 Å². The first-order chi connectivity index (χ1) is 17.3. The number of nitrogens with zero attached hydrogens (tertiary/aromatic N) is 2. The molecule has 0 spiro atoms. The number of carbonyl (C=O) groups is 2. The highest BCUT2D eigenvalue weighted by molar-refractivity contribution is 6.46. The molecule has 2 heterocycles. The summed E-state index contributed by atoms with van der Waals surface area (Å²) in [5.74, 6) is -0.439. The molecule has 8 heteroatoms. The van der Waals surface area contributed by atoms with Crippen LogP contribution in [0, 0.1) is 12.8 Å². The van der Waals surface area contributed by atoms with Gasteiger partial charge in [-0.1, -0.05) is 26.0 Å². The average molecular weight is 495 g/mol. The number of aliphatic hydroxyl groups is 1. The van der Waals surface area contributed by atoms with Crippen LogP contribution >= 0.6 is 0 Å². The molecule has 0 saturated carbocycles. The van der Waals surface area contributed by atoms with E-state index >= 15 is 0 Å². The maximum Gasteiger partial charge on any atom is 0.295 e. The number of ether oxygens (including phenoxy) is 2. The number of phenols is 1. The predicted octanol–water partition coefficient (Wildman–Crippen LogP) is 3.49. The lowest BCUT2D eigenvalue weighted by molar-refractivity contribution is -0.140. The highest BCUT2D eigenvalue weighted by Crippen LogP contribution is 2.40. The zero-order valence-corrected chi connectivity index (χ0v) is 21.1. The molecule has 2 aliphatic rings. The van der Waals surface area contributed by atoms with Crippen molar-refractivity contribution >= 4 is 17.4 Å². The first-order valence-electron chi connectivity index (χ1n) is 12.4.